The number of amides is 1. The predicted molar refractivity (Wildman–Crippen MR) is 122 cm³/mol. The average molecular weight is 475 g/mol. The molecule has 1 aromatic heterocycles. The van der Waals surface area contributed by atoms with E-state index in [0.29, 0.717) is 49.0 Å². The molecule has 1 amide bonds. The van der Waals surface area contributed by atoms with Gasteiger partial charge in [0.15, 0.2) is 0 Å². The molecule has 0 unspecified atom stereocenters. The summed E-state index contributed by atoms with van der Waals surface area (Å²) in [5.41, 5.74) is 0.308. The second-order valence-electron chi connectivity index (χ2n) is 8.10. The average Bonchev–Trinajstić information content (AvgIpc) is 3.35. The smallest absolute Gasteiger partial charge is 0.295 e. The van der Waals surface area contributed by atoms with Crippen LogP contribution in [0, 0.1) is 6.92 Å². The van der Waals surface area contributed by atoms with Crippen LogP contribution in [0.4, 0.5) is 0 Å². The van der Waals surface area contributed by atoms with E-state index in [9.17, 15) is 14.7 Å². The fourth-order valence-corrected chi connectivity index (χ4v) is 4.52. The predicted octanol–water partition coefficient (Wildman–Crippen LogP) is 3.39. The number of likely N-dealkylation sites (tertiary alicyclic amines) is 1. The molecule has 1 aromatic carbocycles. The molecular formula is C24H27ClN2O6. The Labute approximate surface area is 197 Å². The van der Waals surface area contributed by atoms with Gasteiger partial charge in [-0.25, -0.2) is 0 Å². The number of carbonyl (C=O) groups is 2. The Kier molecular flexibility index (Phi) is 7.07. The molecule has 0 spiro atoms. The second-order valence-corrected chi connectivity index (χ2v) is 8.50. The molecule has 9 heteroatoms. The first kappa shape index (κ1) is 23.4. The number of morpholine rings is 1. The maximum absolute atomic E-state index is 13.1. The van der Waals surface area contributed by atoms with E-state index in [-0.39, 0.29) is 16.4 Å². The lowest BCUT2D eigenvalue weighted by Gasteiger charge is -2.28. The van der Waals surface area contributed by atoms with Crippen LogP contribution in [0.3, 0.4) is 0 Å². The summed E-state index contributed by atoms with van der Waals surface area (Å²) in [5.74, 6) is -0.180. The van der Waals surface area contributed by atoms with Crippen molar-refractivity contribution in [3.05, 3.63) is 58.0 Å². The van der Waals surface area contributed by atoms with Gasteiger partial charge in [-0.2, -0.15) is 0 Å². The van der Waals surface area contributed by atoms with Gasteiger partial charge in [-0.15, -0.1) is 0 Å². The molecule has 2 aliphatic heterocycles. The highest BCUT2D eigenvalue weighted by Gasteiger charge is 2.47. The summed E-state index contributed by atoms with van der Waals surface area (Å²) in [4.78, 5) is 29.8. The largest absolute Gasteiger partial charge is 0.507 e. The molecule has 4 rings (SSSR count). The summed E-state index contributed by atoms with van der Waals surface area (Å²) in [5, 5.41) is 11.4. The third-order valence-electron chi connectivity index (χ3n) is 5.97. The summed E-state index contributed by atoms with van der Waals surface area (Å²) in [7, 11) is 1.49. The highest BCUT2D eigenvalue weighted by Crippen LogP contribution is 2.40. The number of hydrogen-bond donors (Lipinski definition) is 1. The topological polar surface area (TPSA) is 92.5 Å². The van der Waals surface area contributed by atoms with Crippen molar-refractivity contribution in [2.75, 3.05) is 46.5 Å². The maximum atomic E-state index is 13.1. The molecule has 0 saturated carbocycles. The SMILES string of the molecule is COc1ccc(C(O)=C2C(=O)C(=O)N(CCCN3CCOCC3)[C@H]2c2ccc(C)o2)cc1Cl. The molecule has 0 aliphatic carbocycles. The number of ketones is 1. The zero-order valence-corrected chi connectivity index (χ0v) is 19.4. The van der Waals surface area contributed by atoms with Crippen molar-refractivity contribution in [3.63, 3.8) is 0 Å². The third-order valence-corrected chi connectivity index (χ3v) is 6.27. The van der Waals surface area contributed by atoms with Gasteiger partial charge in [0.05, 0.1) is 30.9 Å². The molecular weight excluding hydrogens is 448 g/mol. The number of aryl methyl sites for hydroxylation is 1. The first-order chi connectivity index (χ1) is 15.9. The molecule has 3 heterocycles. The van der Waals surface area contributed by atoms with Crippen LogP contribution < -0.4 is 4.74 Å². The highest BCUT2D eigenvalue weighted by atomic mass is 35.5. The van der Waals surface area contributed by atoms with Crippen LogP contribution in [0.15, 0.2) is 40.3 Å². The van der Waals surface area contributed by atoms with Gasteiger partial charge >= 0.3 is 0 Å². The molecule has 8 nitrogen and oxygen atoms in total. The number of hydrogen-bond acceptors (Lipinski definition) is 7. The highest BCUT2D eigenvalue weighted by molar-refractivity contribution is 6.46. The number of aliphatic hydroxyl groups is 1. The van der Waals surface area contributed by atoms with Gasteiger partial charge in [-0.1, -0.05) is 11.6 Å². The van der Waals surface area contributed by atoms with E-state index in [1.807, 2.05) is 0 Å². The lowest BCUT2D eigenvalue weighted by molar-refractivity contribution is -0.140. The third kappa shape index (κ3) is 4.78. The summed E-state index contributed by atoms with van der Waals surface area (Å²) in [6.07, 6.45) is 0.678. The van der Waals surface area contributed by atoms with Crippen molar-refractivity contribution in [1.82, 2.24) is 9.80 Å². The molecule has 2 saturated heterocycles. The van der Waals surface area contributed by atoms with Gasteiger partial charge in [0.2, 0.25) is 0 Å². The summed E-state index contributed by atoms with van der Waals surface area (Å²) >= 11 is 6.22. The molecule has 176 valence electrons. The van der Waals surface area contributed by atoms with Gasteiger partial charge in [-0.05, 0) is 43.7 Å². The van der Waals surface area contributed by atoms with E-state index in [4.69, 9.17) is 25.5 Å². The van der Waals surface area contributed by atoms with Crippen molar-refractivity contribution in [2.24, 2.45) is 0 Å². The molecule has 0 radical (unpaired) electrons. The minimum absolute atomic E-state index is 0.0121. The van der Waals surface area contributed by atoms with E-state index in [2.05, 4.69) is 4.90 Å². The second kappa shape index (κ2) is 9.99. The molecule has 1 N–H and O–H groups in total. The number of carbonyl (C=O) groups excluding carboxylic acids is 2. The van der Waals surface area contributed by atoms with Crippen LogP contribution in [0.25, 0.3) is 5.76 Å². The summed E-state index contributed by atoms with van der Waals surface area (Å²) in [6.45, 7) is 6.01. The van der Waals surface area contributed by atoms with Crippen LogP contribution in [0.2, 0.25) is 5.02 Å². The Morgan fingerprint density at radius 2 is 1.94 bits per heavy atom. The molecule has 2 aromatic rings. The molecule has 2 aliphatic rings. The number of benzene rings is 1. The Bertz CT molecular complexity index is 1070. The number of furan rings is 1. The van der Waals surface area contributed by atoms with Crippen LogP contribution in [-0.2, 0) is 14.3 Å². The number of rotatable bonds is 7. The Morgan fingerprint density at radius 1 is 1.18 bits per heavy atom. The van der Waals surface area contributed by atoms with Gasteiger partial charge in [-0.3, -0.25) is 14.5 Å². The number of halogens is 1. The Morgan fingerprint density at radius 3 is 2.58 bits per heavy atom. The minimum atomic E-state index is -0.815. The number of aliphatic hydroxyl groups excluding tert-OH is 1. The van der Waals surface area contributed by atoms with Crippen molar-refractivity contribution < 1.29 is 28.6 Å². The van der Waals surface area contributed by atoms with Crippen LogP contribution in [0.1, 0.15) is 29.5 Å². The van der Waals surface area contributed by atoms with Crippen LogP contribution >= 0.6 is 11.6 Å². The van der Waals surface area contributed by atoms with E-state index < -0.39 is 17.7 Å². The standard InChI is InChI=1S/C24H27ClN2O6/c1-15-4-6-19(33-15)21-20(22(28)16-5-7-18(31-2)17(25)14-16)23(29)24(30)27(21)9-3-8-26-10-12-32-13-11-26/h4-7,14,21,28H,3,8-13H2,1-2H3/t21-/m0/s1. The minimum Gasteiger partial charge on any atom is -0.507 e. The van der Waals surface area contributed by atoms with Crippen LogP contribution in [-0.4, -0.2) is 73.1 Å². The van der Waals surface area contributed by atoms with Gasteiger partial charge in [0.1, 0.15) is 29.1 Å². The molecule has 0 bridgehead atoms. The number of ether oxygens (including phenoxy) is 2. The zero-order chi connectivity index (χ0) is 23.5. The van der Waals surface area contributed by atoms with Crippen molar-refractivity contribution in [3.8, 4) is 5.75 Å². The van der Waals surface area contributed by atoms with Gasteiger partial charge < -0.3 is 23.9 Å². The summed E-state index contributed by atoms with van der Waals surface area (Å²) in [6, 6.07) is 7.39. The van der Waals surface area contributed by atoms with Gasteiger partial charge in [0.25, 0.3) is 11.7 Å². The van der Waals surface area contributed by atoms with E-state index >= 15 is 0 Å². The van der Waals surface area contributed by atoms with E-state index in [1.165, 1.54) is 18.1 Å². The first-order valence-corrected chi connectivity index (χ1v) is 11.3. The summed E-state index contributed by atoms with van der Waals surface area (Å²) < 4.78 is 16.3. The first-order valence-electron chi connectivity index (χ1n) is 10.9. The lowest BCUT2D eigenvalue weighted by atomic mass is 9.99. The maximum Gasteiger partial charge on any atom is 0.295 e. The van der Waals surface area contributed by atoms with Crippen molar-refractivity contribution in [1.29, 1.82) is 0 Å². The van der Waals surface area contributed by atoms with Crippen molar-refractivity contribution >= 4 is 29.1 Å². The van der Waals surface area contributed by atoms with Crippen molar-refractivity contribution in [2.45, 2.75) is 19.4 Å². The lowest BCUT2D eigenvalue weighted by Crippen LogP contribution is -2.38. The number of methoxy groups -OCH3 is 1. The van der Waals surface area contributed by atoms with Gasteiger partial charge in [0, 0.05) is 31.7 Å². The number of nitrogens with zero attached hydrogens (tertiary/aromatic N) is 2. The van der Waals surface area contributed by atoms with E-state index in [0.717, 1.165) is 19.6 Å². The monoisotopic (exact) mass is 474 g/mol. The Hall–Kier alpha value is -2.81. The van der Waals surface area contributed by atoms with Crippen LogP contribution in [0.5, 0.6) is 5.75 Å². The normalized spacial score (nSPS) is 21.1. The fraction of sp³-hybridized carbons (Fsp3) is 0.417. The van der Waals surface area contributed by atoms with E-state index in [1.54, 1.807) is 31.2 Å². The molecule has 1 atom stereocenters. The zero-order valence-electron chi connectivity index (χ0n) is 18.7. The Balaban J connectivity index is 1.66. The quantitative estimate of drug-likeness (QED) is 0.373. The molecule has 2 fully saturated rings. The number of Topliss-reactive ketones (excluding diaryl/α,β-unsaturated/α-hetero) is 1. The molecule has 33 heavy (non-hydrogen) atoms. The fourth-order valence-electron chi connectivity index (χ4n) is 4.27.